The molecule has 1 N–H and O–H groups in total. The maximum absolute atomic E-state index is 13.3. The van der Waals surface area contributed by atoms with Crippen molar-refractivity contribution in [2.24, 2.45) is 0 Å². The molecule has 98 valence electrons. The van der Waals surface area contributed by atoms with Crippen molar-refractivity contribution in [3.63, 3.8) is 0 Å². The number of hydrogen-bond donors (Lipinski definition) is 1. The molecule has 0 saturated heterocycles. The number of ketones is 1. The highest BCUT2D eigenvalue weighted by atomic mass is 19.1. The first-order valence-electron chi connectivity index (χ1n) is 5.82. The first kappa shape index (κ1) is 13.1. The second-order valence-corrected chi connectivity index (χ2v) is 4.07. The number of para-hydroxylation sites is 1. The average Bonchev–Trinajstić information content (AvgIpc) is 2.39. The van der Waals surface area contributed by atoms with E-state index in [9.17, 15) is 9.18 Å². The van der Waals surface area contributed by atoms with E-state index in [1.807, 2.05) is 0 Å². The Labute approximate surface area is 111 Å². The van der Waals surface area contributed by atoms with E-state index < -0.39 is 0 Å². The van der Waals surface area contributed by atoms with Crippen LogP contribution in [0.4, 0.5) is 15.8 Å². The lowest BCUT2D eigenvalue weighted by Crippen LogP contribution is -2.01. The molecule has 0 bridgehead atoms. The number of Topliss-reactive ketones (excluding diaryl/α,β-unsaturated/α-hetero) is 1. The molecule has 0 spiro atoms. The minimum Gasteiger partial charge on any atom is -0.495 e. The fourth-order valence-corrected chi connectivity index (χ4v) is 1.82. The Bertz CT molecular complexity index is 611. The van der Waals surface area contributed by atoms with Crippen LogP contribution in [0, 0.1) is 5.82 Å². The lowest BCUT2D eigenvalue weighted by Gasteiger charge is -2.13. The molecule has 0 amide bonds. The Balaban J connectivity index is 2.41. The highest BCUT2D eigenvalue weighted by molar-refractivity contribution is 6.00. The van der Waals surface area contributed by atoms with Crippen LogP contribution in [0.15, 0.2) is 42.5 Å². The first-order valence-corrected chi connectivity index (χ1v) is 5.82. The van der Waals surface area contributed by atoms with Gasteiger partial charge in [-0.3, -0.25) is 4.79 Å². The van der Waals surface area contributed by atoms with E-state index in [0.717, 1.165) is 0 Å². The van der Waals surface area contributed by atoms with Crippen LogP contribution in [0.25, 0.3) is 0 Å². The van der Waals surface area contributed by atoms with Gasteiger partial charge in [0.1, 0.15) is 11.6 Å². The lowest BCUT2D eigenvalue weighted by molar-refractivity contribution is 0.101. The Hall–Kier alpha value is -2.36. The minimum absolute atomic E-state index is 0.0570. The molecule has 2 aromatic rings. The number of rotatable bonds is 4. The summed E-state index contributed by atoms with van der Waals surface area (Å²) in [5.74, 6) is 0.0850. The van der Waals surface area contributed by atoms with Crippen LogP contribution >= 0.6 is 0 Å². The van der Waals surface area contributed by atoms with Gasteiger partial charge in [-0.15, -0.1) is 0 Å². The van der Waals surface area contributed by atoms with Crippen LogP contribution in [-0.4, -0.2) is 12.9 Å². The van der Waals surface area contributed by atoms with Crippen molar-refractivity contribution in [1.29, 1.82) is 0 Å². The number of carbonyl (C=O) groups excluding carboxylic acids is 1. The number of halogens is 1. The highest BCUT2D eigenvalue weighted by Crippen LogP contribution is 2.29. The zero-order valence-corrected chi connectivity index (χ0v) is 10.7. The molecular weight excluding hydrogens is 245 g/mol. The minimum atomic E-state index is -0.372. The normalized spacial score (nSPS) is 10.1. The summed E-state index contributed by atoms with van der Waals surface area (Å²) in [6, 6.07) is 11.3. The van der Waals surface area contributed by atoms with E-state index in [4.69, 9.17) is 4.74 Å². The van der Waals surface area contributed by atoms with Gasteiger partial charge in [0.25, 0.3) is 0 Å². The van der Waals surface area contributed by atoms with Crippen LogP contribution < -0.4 is 10.1 Å². The van der Waals surface area contributed by atoms with Gasteiger partial charge in [0.05, 0.1) is 12.8 Å². The van der Waals surface area contributed by atoms with E-state index in [-0.39, 0.29) is 11.6 Å². The molecule has 19 heavy (non-hydrogen) atoms. The van der Waals surface area contributed by atoms with Gasteiger partial charge in [0.2, 0.25) is 0 Å². The van der Waals surface area contributed by atoms with E-state index in [0.29, 0.717) is 22.7 Å². The number of nitrogens with one attached hydrogen (secondary N) is 1. The van der Waals surface area contributed by atoms with Crippen LogP contribution in [0.2, 0.25) is 0 Å². The molecular formula is C15H14FNO2. The largest absolute Gasteiger partial charge is 0.495 e. The summed E-state index contributed by atoms with van der Waals surface area (Å²) in [6.07, 6.45) is 0. The van der Waals surface area contributed by atoms with Crippen molar-refractivity contribution in [2.75, 3.05) is 12.4 Å². The molecule has 0 atom stereocenters. The second-order valence-electron chi connectivity index (χ2n) is 4.07. The predicted molar refractivity (Wildman–Crippen MR) is 72.7 cm³/mol. The summed E-state index contributed by atoms with van der Waals surface area (Å²) in [6.45, 7) is 1.49. The average molecular weight is 259 g/mol. The van der Waals surface area contributed by atoms with Gasteiger partial charge in [-0.2, -0.15) is 0 Å². The zero-order chi connectivity index (χ0) is 13.8. The quantitative estimate of drug-likeness (QED) is 0.849. The molecule has 2 rings (SSSR count). The molecule has 0 unspecified atom stereocenters. The molecule has 4 heteroatoms. The van der Waals surface area contributed by atoms with Crippen molar-refractivity contribution >= 4 is 17.2 Å². The topological polar surface area (TPSA) is 38.3 Å². The van der Waals surface area contributed by atoms with Crippen molar-refractivity contribution in [3.8, 4) is 5.75 Å². The summed E-state index contributed by atoms with van der Waals surface area (Å²) >= 11 is 0. The SMILES string of the molecule is COc1ccc(F)cc1Nc1ccccc1C(C)=O. The van der Waals surface area contributed by atoms with Crippen LogP contribution in [-0.2, 0) is 0 Å². The lowest BCUT2D eigenvalue weighted by atomic mass is 10.1. The fraction of sp³-hybridized carbons (Fsp3) is 0.133. The Morgan fingerprint density at radius 1 is 1.16 bits per heavy atom. The van der Waals surface area contributed by atoms with Gasteiger partial charge in [-0.1, -0.05) is 12.1 Å². The predicted octanol–water partition coefficient (Wildman–Crippen LogP) is 3.78. The number of carbonyl (C=O) groups is 1. The Kier molecular flexibility index (Phi) is 3.80. The van der Waals surface area contributed by atoms with Gasteiger partial charge in [-0.25, -0.2) is 4.39 Å². The zero-order valence-electron chi connectivity index (χ0n) is 10.7. The van der Waals surface area contributed by atoms with Crippen molar-refractivity contribution in [2.45, 2.75) is 6.92 Å². The summed E-state index contributed by atoms with van der Waals surface area (Å²) in [4.78, 5) is 11.5. The Morgan fingerprint density at radius 2 is 1.89 bits per heavy atom. The van der Waals surface area contributed by atoms with Gasteiger partial charge in [-0.05, 0) is 31.2 Å². The van der Waals surface area contributed by atoms with E-state index in [2.05, 4.69) is 5.32 Å². The number of benzene rings is 2. The molecule has 2 aromatic carbocycles. The fourth-order valence-electron chi connectivity index (χ4n) is 1.82. The summed E-state index contributed by atoms with van der Waals surface area (Å²) in [5, 5.41) is 3.03. The molecule has 0 radical (unpaired) electrons. The maximum Gasteiger partial charge on any atom is 0.161 e. The van der Waals surface area contributed by atoms with E-state index in [1.54, 1.807) is 24.3 Å². The summed E-state index contributed by atoms with van der Waals surface area (Å²) in [5.41, 5.74) is 1.66. The summed E-state index contributed by atoms with van der Waals surface area (Å²) < 4.78 is 18.4. The Morgan fingerprint density at radius 3 is 2.58 bits per heavy atom. The molecule has 0 aromatic heterocycles. The third kappa shape index (κ3) is 2.91. The number of hydrogen-bond acceptors (Lipinski definition) is 3. The van der Waals surface area contributed by atoms with Gasteiger partial charge >= 0.3 is 0 Å². The van der Waals surface area contributed by atoms with Crippen molar-refractivity contribution < 1.29 is 13.9 Å². The van der Waals surface area contributed by atoms with Crippen LogP contribution in [0.3, 0.4) is 0 Å². The molecule has 0 fully saturated rings. The monoisotopic (exact) mass is 259 g/mol. The number of methoxy groups -OCH3 is 1. The molecule has 0 aliphatic rings. The molecule has 0 heterocycles. The number of anilines is 2. The highest BCUT2D eigenvalue weighted by Gasteiger charge is 2.09. The first-order chi connectivity index (χ1) is 9.11. The molecule has 3 nitrogen and oxygen atoms in total. The molecule has 0 aliphatic heterocycles. The molecule has 0 aliphatic carbocycles. The van der Waals surface area contributed by atoms with Gasteiger partial charge < -0.3 is 10.1 Å². The third-order valence-corrected chi connectivity index (χ3v) is 2.74. The van der Waals surface area contributed by atoms with E-state index in [1.165, 1.54) is 32.2 Å². The van der Waals surface area contributed by atoms with Gasteiger partial charge in [0.15, 0.2) is 5.78 Å². The number of ether oxygens (including phenoxy) is 1. The standard InChI is InChI=1S/C15H14FNO2/c1-10(18)12-5-3-4-6-13(12)17-14-9-11(16)7-8-15(14)19-2/h3-9,17H,1-2H3. The third-order valence-electron chi connectivity index (χ3n) is 2.74. The van der Waals surface area contributed by atoms with Gasteiger partial charge in [0, 0.05) is 17.3 Å². The maximum atomic E-state index is 13.3. The van der Waals surface area contributed by atoms with Crippen LogP contribution in [0.5, 0.6) is 5.75 Å². The second kappa shape index (κ2) is 5.52. The smallest absolute Gasteiger partial charge is 0.161 e. The van der Waals surface area contributed by atoms with Crippen LogP contribution in [0.1, 0.15) is 17.3 Å². The van der Waals surface area contributed by atoms with E-state index >= 15 is 0 Å². The molecule has 0 saturated carbocycles. The summed E-state index contributed by atoms with van der Waals surface area (Å²) in [7, 11) is 1.51. The van der Waals surface area contributed by atoms with Crippen molar-refractivity contribution in [3.05, 3.63) is 53.8 Å². The van der Waals surface area contributed by atoms with Crippen molar-refractivity contribution in [1.82, 2.24) is 0 Å².